The molecule has 3 aliphatic rings. The number of hydrogen-bond acceptors (Lipinski definition) is 7. The molecule has 3 saturated heterocycles. The van der Waals surface area contributed by atoms with E-state index in [2.05, 4.69) is 21.3 Å². The Hall–Kier alpha value is -5.30. The summed E-state index contributed by atoms with van der Waals surface area (Å²) in [5.74, 6) is -2.59. The Kier molecular flexibility index (Phi) is 8.18. The predicted octanol–water partition coefficient (Wildman–Crippen LogP) is 3.31. The number of nitrogens with one attached hydrogen (secondary N) is 4. The number of carbonyl (C=O) groups is 5. The van der Waals surface area contributed by atoms with Gasteiger partial charge in [-0.2, -0.15) is 0 Å². The van der Waals surface area contributed by atoms with Crippen LogP contribution in [0.3, 0.4) is 0 Å². The molecule has 0 radical (unpaired) electrons. The van der Waals surface area contributed by atoms with Crippen LogP contribution in [0.2, 0.25) is 0 Å². The Bertz CT molecular complexity index is 1850. The van der Waals surface area contributed by atoms with Gasteiger partial charge in [0.25, 0.3) is 5.91 Å². The standard InChI is InChI=1S/C34H35FN6O6/c1-18-21(20-13-26(35)25(28(14-20)47-4)16-41-12-11-34(17-41)31(44)38-32(45)39-34)7-5-8-22(18)23-9-6-10-27(19(23)2)37-29(42)24-15-36-33(46)40(3)30(24)43/h5-10,13-14,24H,11-12,15-17H2,1-4H3,(H,36,46)(H,37,42)(H2,38,39,44,45). The molecule has 0 aromatic heterocycles. The average Bonchev–Trinajstić information content (AvgIpc) is 3.57. The molecule has 0 aliphatic carbocycles. The summed E-state index contributed by atoms with van der Waals surface area (Å²) in [6.07, 6.45) is 0.428. The number of anilines is 1. The number of hydrogen-bond donors (Lipinski definition) is 4. The van der Waals surface area contributed by atoms with Crippen LogP contribution >= 0.6 is 0 Å². The fourth-order valence-corrected chi connectivity index (χ4v) is 6.62. The highest BCUT2D eigenvalue weighted by molar-refractivity contribution is 6.12. The van der Waals surface area contributed by atoms with E-state index in [4.69, 9.17) is 4.74 Å². The monoisotopic (exact) mass is 642 g/mol. The van der Waals surface area contributed by atoms with Gasteiger partial charge in [-0.3, -0.25) is 29.5 Å². The van der Waals surface area contributed by atoms with Gasteiger partial charge in [0, 0.05) is 44.5 Å². The first-order chi connectivity index (χ1) is 22.4. The summed E-state index contributed by atoms with van der Waals surface area (Å²) < 4.78 is 21.5. The third-order valence-corrected chi connectivity index (χ3v) is 9.35. The lowest BCUT2D eigenvalue weighted by Gasteiger charge is -2.28. The molecule has 2 unspecified atom stereocenters. The molecular weight excluding hydrogens is 607 g/mol. The highest BCUT2D eigenvalue weighted by atomic mass is 19.1. The van der Waals surface area contributed by atoms with E-state index in [-0.39, 0.29) is 25.5 Å². The SMILES string of the molecule is COc1cc(-c2cccc(-c3cccc(NC(=O)C4CNC(=O)N(C)C4=O)c3C)c2C)cc(F)c1CN1CCC2(C1)NC(=O)NC2=O. The van der Waals surface area contributed by atoms with E-state index >= 15 is 4.39 Å². The van der Waals surface area contributed by atoms with Gasteiger partial charge in [-0.15, -0.1) is 0 Å². The lowest BCUT2D eigenvalue weighted by molar-refractivity contribution is -0.138. The zero-order valence-electron chi connectivity index (χ0n) is 26.5. The topological polar surface area (TPSA) is 149 Å². The number of ether oxygens (including phenoxy) is 1. The lowest BCUT2D eigenvalue weighted by atomic mass is 9.90. The summed E-state index contributed by atoms with van der Waals surface area (Å²) in [5.41, 5.74) is 4.66. The van der Waals surface area contributed by atoms with Gasteiger partial charge in [0.2, 0.25) is 11.8 Å². The van der Waals surface area contributed by atoms with Crippen LogP contribution < -0.4 is 26.0 Å². The van der Waals surface area contributed by atoms with Gasteiger partial charge in [0.15, 0.2) is 0 Å². The van der Waals surface area contributed by atoms with Gasteiger partial charge in [-0.25, -0.2) is 14.0 Å². The normalized spacial score (nSPS) is 21.1. The number of methoxy groups -OCH3 is 1. The van der Waals surface area contributed by atoms with Crippen molar-refractivity contribution in [3.63, 3.8) is 0 Å². The third kappa shape index (κ3) is 5.67. The van der Waals surface area contributed by atoms with Gasteiger partial charge in [-0.05, 0) is 71.8 Å². The summed E-state index contributed by atoms with van der Waals surface area (Å²) in [6, 6.07) is 13.4. The van der Waals surface area contributed by atoms with E-state index in [1.165, 1.54) is 20.2 Å². The number of rotatable bonds is 7. The molecule has 6 rings (SSSR count). The maximum atomic E-state index is 15.8. The highest BCUT2D eigenvalue weighted by Crippen LogP contribution is 2.38. The molecule has 7 amide bonds. The van der Waals surface area contributed by atoms with Gasteiger partial charge < -0.3 is 20.7 Å². The minimum Gasteiger partial charge on any atom is -0.496 e. The Morgan fingerprint density at radius 1 is 1.04 bits per heavy atom. The van der Waals surface area contributed by atoms with Crippen LogP contribution in [0.25, 0.3) is 22.3 Å². The van der Waals surface area contributed by atoms with E-state index in [0.29, 0.717) is 35.5 Å². The molecule has 1 spiro atoms. The Labute approximate surface area is 270 Å². The van der Waals surface area contributed by atoms with E-state index in [1.807, 2.05) is 43.0 Å². The van der Waals surface area contributed by atoms with Crippen LogP contribution in [-0.4, -0.2) is 78.9 Å². The number of imide groups is 2. The van der Waals surface area contributed by atoms with Crippen LogP contribution in [-0.2, 0) is 20.9 Å². The van der Waals surface area contributed by atoms with Crippen LogP contribution in [0.5, 0.6) is 5.75 Å². The maximum Gasteiger partial charge on any atom is 0.323 e. The number of benzene rings is 3. The third-order valence-electron chi connectivity index (χ3n) is 9.35. The molecule has 4 N–H and O–H groups in total. The van der Waals surface area contributed by atoms with Crippen LogP contribution in [0.1, 0.15) is 23.1 Å². The molecule has 0 bridgehead atoms. The number of halogens is 1. The summed E-state index contributed by atoms with van der Waals surface area (Å²) in [6.45, 7) is 4.70. The maximum absolute atomic E-state index is 15.8. The molecule has 3 fully saturated rings. The molecule has 12 nitrogen and oxygen atoms in total. The quantitative estimate of drug-likeness (QED) is 0.228. The predicted molar refractivity (Wildman–Crippen MR) is 171 cm³/mol. The number of nitrogens with zero attached hydrogens (tertiary/aromatic N) is 2. The minimum atomic E-state index is -1.05. The van der Waals surface area contributed by atoms with Gasteiger partial charge >= 0.3 is 12.1 Å². The first-order valence-corrected chi connectivity index (χ1v) is 15.2. The second kappa shape index (κ2) is 12.1. The van der Waals surface area contributed by atoms with Crippen molar-refractivity contribution in [1.82, 2.24) is 25.8 Å². The van der Waals surface area contributed by atoms with Gasteiger partial charge in [-0.1, -0.05) is 30.3 Å². The van der Waals surface area contributed by atoms with Crippen molar-refractivity contribution in [1.29, 1.82) is 0 Å². The van der Waals surface area contributed by atoms with Crippen molar-refractivity contribution in [2.75, 3.05) is 39.1 Å². The summed E-state index contributed by atoms with van der Waals surface area (Å²) in [4.78, 5) is 64.3. The van der Waals surface area contributed by atoms with Gasteiger partial charge in [0.1, 0.15) is 23.0 Å². The zero-order chi connectivity index (χ0) is 33.6. The Morgan fingerprint density at radius 3 is 2.45 bits per heavy atom. The molecular formula is C34H35FN6O6. The molecule has 3 aromatic carbocycles. The largest absolute Gasteiger partial charge is 0.496 e. The number of urea groups is 2. The highest BCUT2D eigenvalue weighted by Gasteiger charge is 2.50. The second-order valence-corrected chi connectivity index (χ2v) is 12.2. The lowest BCUT2D eigenvalue weighted by Crippen LogP contribution is -2.56. The average molecular weight is 643 g/mol. The van der Waals surface area contributed by atoms with E-state index in [0.717, 1.165) is 32.7 Å². The Morgan fingerprint density at radius 2 is 1.74 bits per heavy atom. The van der Waals surface area contributed by atoms with Crippen molar-refractivity contribution in [2.24, 2.45) is 5.92 Å². The van der Waals surface area contributed by atoms with Crippen LogP contribution in [0.4, 0.5) is 19.7 Å². The smallest absolute Gasteiger partial charge is 0.323 e. The molecule has 3 heterocycles. The molecule has 13 heteroatoms. The Balaban J connectivity index is 1.25. The molecule has 244 valence electrons. The van der Waals surface area contributed by atoms with E-state index in [9.17, 15) is 24.0 Å². The van der Waals surface area contributed by atoms with Crippen molar-refractivity contribution >= 4 is 35.5 Å². The summed E-state index contributed by atoms with van der Waals surface area (Å²) >= 11 is 0. The minimum absolute atomic E-state index is 0.0826. The van der Waals surface area contributed by atoms with Crippen molar-refractivity contribution in [3.05, 3.63) is 71.0 Å². The zero-order valence-corrected chi connectivity index (χ0v) is 26.5. The first kappa shape index (κ1) is 31.7. The van der Waals surface area contributed by atoms with Crippen molar-refractivity contribution in [2.45, 2.75) is 32.4 Å². The van der Waals surface area contributed by atoms with Crippen LogP contribution in [0, 0.1) is 25.6 Å². The molecule has 2 atom stereocenters. The van der Waals surface area contributed by atoms with Crippen LogP contribution in [0.15, 0.2) is 48.5 Å². The molecule has 47 heavy (non-hydrogen) atoms. The number of amides is 7. The number of carbonyl (C=O) groups excluding carboxylic acids is 5. The summed E-state index contributed by atoms with van der Waals surface area (Å²) in [7, 11) is 2.81. The number of likely N-dealkylation sites (tertiary alicyclic amines) is 1. The second-order valence-electron chi connectivity index (χ2n) is 12.2. The summed E-state index contributed by atoms with van der Waals surface area (Å²) in [5, 5.41) is 10.4. The first-order valence-electron chi connectivity index (χ1n) is 15.2. The fraction of sp³-hybridized carbons (Fsp3) is 0.324. The fourth-order valence-electron chi connectivity index (χ4n) is 6.62. The van der Waals surface area contributed by atoms with Crippen molar-refractivity contribution < 1.29 is 33.1 Å². The molecule has 3 aromatic rings. The van der Waals surface area contributed by atoms with Gasteiger partial charge in [0.05, 0.1) is 7.11 Å². The molecule has 3 aliphatic heterocycles. The van der Waals surface area contributed by atoms with E-state index in [1.54, 1.807) is 18.2 Å². The van der Waals surface area contributed by atoms with E-state index < -0.39 is 41.2 Å². The van der Waals surface area contributed by atoms with Crippen molar-refractivity contribution in [3.8, 4) is 28.0 Å². The molecule has 0 saturated carbocycles.